The van der Waals surface area contributed by atoms with Gasteiger partial charge in [0.1, 0.15) is 19.3 Å². The first-order chi connectivity index (χ1) is 41.0. The maximum atomic E-state index is 13.0. The largest absolute Gasteiger partial charge is 0.472 e. The Kier molecular flexibility index (Phi) is 58.3. The zero-order valence-corrected chi connectivity index (χ0v) is 56.5. The molecule has 17 nitrogen and oxygen atoms in total. The first-order valence-electron chi connectivity index (χ1n) is 34.6. The van der Waals surface area contributed by atoms with E-state index in [1.807, 2.05) is 0 Å². The molecule has 0 amide bonds. The highest BCUT2D eigenvalue weighted by atomic mass is 31.2. The average molecular weight is 1260 g/mol. The highest BCUT2D eigenvalue weighted by molar-refractivity contribution is 7.47. The molecular formula is C66H128O17P2. The summed E-state index contributed by atoms with van der Waals surface area (Å²) in [6.07, 6.45) is 44.8. The monoisotopic (exact) mass is 1250 g/mol. The maximum Gasteiger partial charge on any atom is 0.472 e. The van der Waals surface area contributed by atoms with Gasteiger partial charge in [0, 0.05) is 25.7 Å². The summed E-state index contributed by atoms with van der Waals surface area (Å²) in [6, 6.07) is 0. The van der Waals surface area contributed by atoms with Crippen LogP contribution in [0.25, 0.3) is 0 Å². The quantitative estimate of drug-likeness (QED) is 0.0222. The van der Waals surface area contributed by atoms with Gasteiger partial charge in [0.15, 0.2) is 12.2 Å². The van der Waals surface area contributed by atoms with Crippen molar-refractivity contribution >= 4 is 39.5 Å². The number of carbonyl (C=O) groups excluding carboxylic acids is 4. The molecule has 0 rings (SSSR count). The minimum atomic E-state index is -4.94. The van der Waals surface area contributed by atoms with Crippen molar-refractivity contribution in [2.75, 3.05) is 39.6 Å². The molecule has 0 aromatic heterocycles. The van der Waals surface area contributed by atoms with E-state index in [0.29, 0.717) is 25.7 Å². The molecule has 0 aliphatic carbocycles. The summed E-state index contributed by atoms with van der Waals surface area (Å²) in [6.45, 7) is 7.14. The van der Waals surface area contributed by atoms with Crippen molar-refractivity contribution in [1.29, 1.82) is 0 Å². The summed E-state index contributed by atoms with van der Waals surface area (Å²) < 4.78 is 67.8. The molecule has 0 saturated carbocycles. The van der Waals surface area contributed by atoms with Crippen LogP contribution < -0.4 is 0 Å². The second-order valence-corrected chi connectivity index (χ2v) is 27.2. The van der Waals surface area contributed by atoms with E-state index in [4.69, 9.17) is 37.0 Å². The minimum absolute atomic E-state index is 0.105. The summed E-state index contributed by atoms with van der Waals surface area (Å²) in [5.41, 5.74) is 0. The second-order valence-electron chi connectivity index (χ2n) is 24.3. The van der Waals surface area contributed by atoms with Crippen molar-refractivity contribution in [3.05, 3.63) is 0 Å². The minimum Gasteiger partial charge on any atom is -0.462 e. The third-order valence-corrected chi connectivity index (χ3v) is 17.2. The molecule has 0 aromatic carbocycles. The van der Waals surface area contributed by atoms with Crippen molar-refractivity contribution in [3.8, 4) is 0 Å². The Morgan fingerprint density at radius 3 is 0.800 bits per heavy atom. The molecule has 0 bridgehead atoms. The molecule has 2 unspecified atom stereocenters. The molecular weight excluding hydrogens is 1130 g/mol. The number of phosphoric acid groups is 2. The Labute approximate surface area is 517 Å². The molecule has 0 aromatic rings. The smallest absolute Gasteiger partial charge is 0.462 e. The van der Waals surface area contributed by atoms with Crippen LogP contribution in [0.2, 0.25) is 0 Å². The fraction of sp³-hybridized carbons (Fsp3) is 0.939. The summed E-state index contributed by atoms with van der Waals surface area (Å²) in [5.74, 6) is -1.33. The third kappa shape index (κ3) is 60.7. The number of rotatable bonds is 66. The molecule has 19 heteroatoms. The van der Waals surface area contributed by atoms with Crippen LogP contribution in [-0.4, -0.2) is 96.7 Å². The topological polar surface area (TPSA) is 237 Å². The maximum absolute atomic E-state index is 13.0. The van der Waals surface area contributed by atoms with Crippen molar-refractivity contribution in [3.63, 3.8) is 0 Å². The van der Waals surface area contributed by atoms with E-state index in [1.54, 1.807) is 0 Å². The third-order valence-electron chi connectivity index (χ3n) is 15.3. The molecule has 0 aliphatic heterocycles. The molecule has 0 aliphatic rings. The van der Waals surface area contributed by atoms with Gasteiger partial charge in [-0.15, -0.1) is 0 Å². The number of aliphatic hydroxyl groups excluding tert-OH is 1. The molecule has 0 spiro atoms. The summed E-state index contributed by atoms with van der Waals surface area (Å²) in [7, 11) is -9.88. The van der Waals surface area contributed by atoms with Gasteiger partial charge >= 0.3 is 39.5 Å². The Hall–Kier alpha value is -1.94. The first kappa shape index (κ1) is 83.1. The number of hydrogen-bond acceptors (Lipinski definition) is 15. The number of esters is 4. The van der Waals surface area contributed by atoms with Crippen LogP contribution in [0, 0.1) is 5.92 Å². The van der Waals surface area contributed by atoms with Gasteiger partial charge in [0.05, 0.1) is 26.4 Å². The van der Waals surface area contributed by atoms with Gasteiger partial charge in [-0.3, -0.25) is 37.3 Å². The van der Waals surface area contributed by atoms with Gasteiger partial charge in [-0.25, -0.2) is 9.13 Å². The van der Waals surface area contributed by atoms with Gasteiger partial charge in [0.2, 0.25) is 0 Å². The van der Waals surface area contributed by atoms with Crippen molar-refractivity contribution in [1.82, 2.24) is 0 Å². The van der Waals surface area contributed by atoms with Crippen molar-refractivity contribution in [2.45, 2.75) is 355 Å². The van der Waals surface area contributed by atoms with E-state index in [1.165, 1.54) is 154 Å². The zero-order valence-electron chi connectivity index (χ0n) is 54.7. The first-order valence-corrected chi connectivity index (χ1v) is 37.6. The summed E-state index contributed by atoms with van der Waals surface area (Å²) in [5, 5.41) is 10.5. The number of phosphoric ester groups is 2. The molecule has 3 N–H and O–H groups in total. The van der Waals surface area contributed by atoms with Crippen LogP contribution in [-0.2, 0) is 65.4 Å². The van der Waals surface area contributed by atoms with E-state index in [0.717, 1.165) is 102 Å². The number of hydrogen-bond donors (Lipinski definition) is 3. The Morgan fingerprint density at radius 2 is 0.541 bits per heavy atom. The van der Waals surface area contributed by atoms with Gasteiger partial charge < -0.3 is 33.8 Å². The lowest BCUT2D eigenvalue weighted by Gasteiger charge is -2.21. The van der Waals surface area contributed by atoms with Gasteiger partial charge in [-0.1, -0.05) is 285 Å². The lowest BCUT2D eigenvalue weighted by molar-refractivity contribution is -0.161. The van der Waals surface area contributed by atoms with Crippen LogP contribution in [0.3, 0.4) is 0 Å². The SMILES string of the molecule is CCCCCCCCCCCCCCC(=O)OC[C@H](COP(=O)(O)OC[C@@H](O)COP(=O)(O)OC[C@@H](COC(=O)CCCCCCC)OC(=O)CCCCCCCCCCC)OC(=O)CCCCCCCCCCCCCCCCCCC(C)C. The van der Waals surface area contributed by atoms with Crippen LogP contribution in [0.5, 0.6) is 0 Å². The van der Waals surface area contributed by atoms with Crippen molar-refractivity contribution in [2.24, 2.45) is 5.92 Å². The lowest BCUT2D eigenvalue weighted by Crippen LogP contribution is -2.30. The fourth-order valence-electron chi connectivity index (χ4n) is 9.94. The highest BCUT2D eigenvalue weighted by Crippen LogP contribution is 2.45. The predicted octanol–water partition coefficient (Wildman–Crippen LogP) is 18.6. The lowest BCUT2D eigenvalue weighted by atomic mass is 10.0. The molecule has 0 radical (unpaired) electrons. The van der Waals surface area contributed by atoms with E-state index in [-0.39, 0.29) is 25.7 Å². The molecule has 504 valence electrons. The summed E-state index contributed by atoms with van der Waals surface area (Å²) in [4.78, 5) is 72.0. The molecule has 85 heavy (non-hydrogen) atoms. The predicted molar refractivity (Wildman–Crippen MR) is 340 cm³/mol. The van der Waals surface area contributed by atoms with Crippen LogP contribution in [0.4, 0.5) is 0 Å². The number of carbonyl (C=O) groups is 4. The number of unbranched alkanes of at least 4 members (excludes halogenated alkanes) is 38. The van der Waals surface area contributed by atoms with Crippen LogP contribution >= 0.6 is 15.6 Å². The standard InChI is InChI=1S/C66H128O17P2/c1-6-9-12-15-17-19-20-28-32-35-40-45-50-64(69)77-56-62(83-66(71)52-47-42-37-33-29-26-24-22-21-23-25-27-31-34-39-43-48-59(4)5)58-81-85(74,75)79-54-60(67)53-78-84(72,73)80-57-61(55-76-63(68)49-44-38-14-11-8-3)82-65(70)51-46-41-36-30-18-16-13-10-7-2/h59-62,67H,6-58H2,1-5H3,(H,72,73)(H,74,75)/t60-,61+,62+/m0/s1. The molecule has 0 saturated heterocycles. The van der Waals surface area contributed by atoms with E-state index in [9.17, 15) is 43.2 Å². The molecule has 0 fully saturated rings. The fourth-order valence-corrected chi connectivity index (χ4v) is 11.5. The van der Waals surface area contributed by atoms with E-state index in [2.05, 4.69) is 34.6 Å². The Balaban J connectivity index is 5.12. The number of aliphatic hydroxyl groups is 1. The average Bonchev–Trinajstić information content (AvgIpc) is 3.56. The van der Waals surface area contributed by atoms with Gasteiger partial charge in [-0.2, -0.15) is 0 Å². The Bertz CT molecular complexity index is 1650. The molecule has 5 atom stereocenters. The second kappa shape index (κ2) is 59.7. The van der Waals surface area contributed by atoms with Gasteiger partial charge in [-0.05, 0) is 31.6 Å². The zero-order chi connectivity index (χ0) is 62.8. The van der Waals surface area contributed by atoms with Crippen LogP contribution in [0.15, 0.2) is 0 Å². The highest BCUT2D eigenvalue weighted by Gasteiger charge is 2.30. The Morgan fingerprint density at radius 1 is 0.318 bits per heavy atom. The number of ether oxygens (including phenoxy) is 4. The molecule has 0 heterocycles. The van der Waals surface area contributed by atoms with Crippen LogP contribution in [0.1, 0.15) is 336 Å². The normalized spacial score (nSPS) is 14.2. The van der Waals surface area contributed by atoms with Crippen molar-refractivity contribution < 1.29 is 80.2 Å². The van der Waals surface area contributed by atoms with E-state index >= 15 is 0 Å². The van der Waals surface area contributed by atoms with Gasteiger partial charge in [0.25, 0.3) is 0 Å². The summed E-state index contributed by atoms with van der Waals surface area (Å²) >= 11 is 0. The van der Waals surface area contributed by atoms with E-state index < -0.39 is 97.5 Å².